The van der Waals surface area contributed by atoms with Crippen molar-refractivity contribution in [3.63, 3.8) is 0 Å². The zero-order chi connectivity index (χ0) is 9.80. The van der Waals surface area contributed by atoms with Gasteiger partial charge in [-0.1, -0.05) is 18.2 Å². The molecule has 0 aliphatic carbocycles. The van der Waals surface area contributed by atoms with Gasteiger partial charge in [-0.2, -0.15) is 15.7 Å². The Hall–Kier alpha value is -1.52. The van der Waals surface area contributed by atoms with Crippen LogP contribution in [-0.2, 0) is 11.4 Å². The molecule has 2 rings (SSSR count). The van der Waals surface area contributed by atoms with Crippen molar-refractivity contribution in [1.29, 1.82) is 0 Å². The summed E-state index contributed by atoms with van der Waals surface area (Å²) in [5, 5.41) is 9.89. The molecule has 0 aliphatic rings. The van der Waals surface area contributed by atoms with Gasteiger partial charge in [-0.25, -0.2) is 0 Å². The van der Waals surface area contributed by atoms with E-state index >= 15 is 0 Å². The smallest absolute Gasteiger partial charge is 0.0577 e. The van der Waals surface area contributed by atoms with Gasteiger partial charge in [0.15, 0.2) is 0 Å². The van der Waals surface area contributed by atoms with Gasteiger partial charge in [-0.05, 0) is 5.56 Å². The van der Waals surface area contributed by atoms with Gasteiger partial charge in [0, 0.05) is 17.3 Å². The predicted molar refractivity (Wildman–Crippen MR) is 53.4 cm³/mol. The number of nitrogens with one attached hydrogen (secondary N) is 1. The Balaban J connectivity index is 2.43. The molecule has 0 unspecified atom stereocenters. The van der Waals surface area contributed by atoms with Gasteiger partial charge >= 0.3 is 0 Å². The minimum Gasteiger partial charge on any atom is -0.305 e. The fourth-order valence-electron chi connectivity index (χ4n) is 1.39. The van der Waals surface area contributed by atoms with E-state index in [4.69, 9.17) is 4.84 Å². The number of aromatic nitrogens is 2. The maximum Gasteiger partial charge on any atom is 0.0577 e. The summed E-state index contributed by atoms with van der Waals surface area (Å²) in [4.78, 5) is 4.81. The summed E-state index contributed by atoms with van der Waals surface area (Å²) in [6, 6.07) is 6.05. The second-order valence-electron chi connectivity index (χ2n) is 2.93. The van der Waals surface area contributed by atoms with Crippen molar-refractivity contribution in [2.24, 2.45) is 0 Å². The number of benzene rings is 1. The van der Waals surface area contributed by atoms with E-state index in [1.165, 1.54) is 0 Å². The monoisotopic (exact) mass is 189 g/mol. The van der Waals surface area contributed by atoms with E-state index in [1.54, 1.807) is 19.5 Å². The first-order chi connectivity index (χ1) is 6.92. The molecule has 4 heteroatoms. The summed E-state index contributed by atoms with van der Waals surface area (Å²) in [7, 11) is 1.60. The zero-order valence-electron chi connectivity index (χ0n) is 7.90. The lowest BCUT2D eigenvalue weighted by atomic mass is 10.1. The second kappa shape index (κ2) is 4.13. The Kier molecular flexibility index (Phi) is 2.67. The normalized spacial score (nSPS) is 10.6. The minimum absolute atomic E-state index is 0.666. The molecule has 0 fully saturated rings. The van der Waals surface area contributed by atoms with Crippen molar-refractivity contribution in [2.75, 3.05) is 7.11 Å². The van der Waals surface area contributed by atoms with Gasteiger partial charge in [0.25, 0.3) is 0 Å². The van der Waals surface area contributed by atoms with E-state index in [1.807, 2.05) is 18.2 Å². The lowest BCUT2D eigenvalue weighted by molar-refractivity contribution is 0.0870. The second-order valence-corrected chi connectivity index (χ2v) is 2.93. The summed E-state index contributed by atoms with van der Waals surface area (Å²) < 4.78 is 0. The van der Waals surface area contributed by atoms with Gasteiger partial charge < -0.3 is 4.84 Å². The summed E-state index contributed by atoms with van der Waals surface area (Å²) in [5.74, 6) is 0. The number of nitrogens with zero attached hydrogens (tertiary/aromatic N) is 2. The van der Waals surface area contributed by atoms with Crippen molar-refractivity contribution in [3.8, 4) is 0 Å². The predicted octanol–water partition coefficient (Wildman–Crippen LogP) is 1.28. The fraction of sp³-hybridized carbons (Fsp3) is 0.200. The third kappa shape index (κ3) is 1.71. The van der Waals surface area contributed by atoms with Crippen LogP contribution in [-0.4, -0.2) is 17.3 Å². The van der Waals surface area contributed by atoms with Crippen molar-refractivity contribution in [1.82, 2.24) is 15.7 Å². The minimum atomic E-state index is 0.666. The Bertz CT molecular complexity index is 425. The Morgan fingerprint density at radius 3 is 3.00 bits per heavy atom. The van der Waals surface area contributed by atoms with E-state index in [-0.39, 0.29) is 0 Å². The Morgan fingerprint density at radius 1 is 1.29 bits per heavy atom. The van der Waals surface area contributed by atoms with E-state index in [0.717, 1.165) is 16.3 Å². The molecule has 0 amide bonds. The highest BCUT2D eigenvalue weighted by Crippen LogP contribution is 2.15. The highest BCUT2D eigenvalue weighted by Gasteiger charge is 1.99. The average molecular weight is 189 g/mol. The maximum atomic E-state index is 4.81. The third-order valence-electron chi connectivity index (χ3n) is 2.09. The largest absolute Gasteiger partial charge is 0.305 e. The standard InChI is InChI=1S/C10H11N3O/c1-14-13-6-9-4-2-3-8-5-11-12-7-10(8)9/h2-5,7,13H,6H2,1H3. The van der Waals surface area contributed by atoms with Crippen LogP contribution >= 0.6 is 0 Å². The number of hydrogen-bond donors (Lipinski definition) is 1. The molecular formula is C10H11N3O. The van der Waals surface area contributed by atoms with Gasteiger partial charge in [0.1, 0.15) is 0 Å². The van der Waals surface area contributed by atoms with Crippen LogP contribution in [0, 0.1) is 0 Å². The first-order valence-corrected chi connectivity index (χ1v) is 4.36. The van der Waals surface area contributed by atoms with Crippen LogP contribution in [0.1, 0.15) is 5.56 Å². The highest BCUT2D eigenvalue weighted by atomic mass is 16.6. The van der Waals surface area contributed by atoms with E-state index < -0.39 is 0 Å². The van der Waals surface area contributed by atoms with Gasteiger partial charge in [0.2, 0.25) is 0 Å². The maximum absolute atomic E-state index is 4.81. The summed E-state index contributed by atoms with van der Waals surface area (Å²) in [5.41, 5.74) is 3.96. The Labute approximate surface area is 81.9 Å². The summed E-state index contributed by atoms with van der Waals surface area (Å²) in [6.07, 6.45) is 3.52. The molecule has 14 heavy (non-hydrogen) atoms. The van der Waals surface area contributed by atoms with E-state index in [2.05, 4.69) is 15.7 Å². The SMILES string of the molecule is CONCc1cccc2cnncc12. The van der Waals surface area contributed by atoms with Crippen LogP contribution in [0.4, 0.5) is 0 Å². The van der Waals surface area contributed by atoms with Crippen molar-refractivity contribution in [2.45, 2.75) is 6.54 Å². The van der Waals surface area contributed by atoms with Crippen LogP contribution in [0.5, 0.6) is 0 Å². The molecule has 1 aromatic heterocycles. The molecule has 0 bridgehead atoms. The van der Waals surface area contributed by atoms with Crippen LogP contribution in [0.3, 0.4) is 0 Å². The molecule has 0 spiro atoms. The molecule has 0 saturated heterocycles. The Morgan fingerprint density at radius 2 is 2.14 bits per heavy atom. The topological polar surface area (TPSA) is 47.0 Å². The lowest BCUT2D eigenvalue weighted by Crippen LogP contribution is -2.10. The van der Waals surface area contributed by atoms with Crippen molar-refractivity contribution < 1.29 is 4.84 Å². The van der Waals surface area contributed by atoms with Crippen LogP contribution < -0.4 is 5.48 Å². The fourth-order valence-corrected chi connectivity index (χ4v) is 1.39. The van der Waals surface area contributed by atoms with E-state index in [0.29, 0.717) is 6.54 Å². The molecule has 0 atom stereocenters. The van der Waals surface area contributed by atoms with Crippen LogP contribution in [0.25, 0.3) is 10.8 Å². The van der Waals surface area contributed by atoms with Crippen LogP contribution in [0.15, 0.2) is 30.6 Å². The van der Waals surface area contributed by atoms with Crippen molar-refractivity contribution >= 4 is 10.8 Å². The first-order valence-electron chi connectivity index (χ1n) is 4.36. The number of rotatable bonds is 3. The van der Waals surface area contributed by atoms with E-state index in [9.17, 15) is 0 Å². The zero-order valence-corrected chi connectivity index (χ0v) is 7.90. The third-order valence-corrected chi connectivity index (χ3v) is 2.09. The van der Waals surface area contributed by atoms with Gasteiger partial charge in [-0.3, -0.25) is 0 Å². The van der Waals surface area contributed by atoms with Crippen LogP contribution in [0.2, 0.25) is 0 Å². The summed E-state index contributed by atoms with van der Waals surface area (Å²) >= 11 is 0. The molecule has 0 aliphatic heterocycles. The number of hydroxylamine groups is 1. The molecule has 4 nitrogen and oxygen atoms in total. The number of fused-ring (bicyclic) bond motifs is 1. The van der Waals surface area contributed by atoms with Gasteiger partial charge in [0.05, 0.1) is 19.5 Å². The molecule has 0 saturated carbocycles. The summed E-state index contributed by atoms with van der Waals surface area (Å²) in [6.45, 7) is 0.666. The first kappa shape index (κ1) is 9.05. The molecule has 0 radical (unpaired) electrons. The molecule has 72 valence electrons. The molecule has 2 aromatic rings. The molecule has 1 heterocycles. The molecular weight excluding hydrogens is 178 g/mol. The number of hydrogen-bond acceptors (Lipinski definition) is 4. The highest BCUT2D eigenvalue weighted by molar-refractivity contribution is 5.83. The van der Waals surface area contributed by atoms with Gasteiger partial charge in [-0.15, -0.1) is 0 Å². The molecule has 1 aromatic carbocycles. The average Bonchev–Trinajstić information content (AvgIpc) is 2.26. The van der Waals surface area contributed by atoms with Crippen molar-refractivity contribution in [3.05, 3.63) is 36.2 Å². The molecule has 1 N–H and O–H groups in total. The lowest BCUT2D eigenvalue weighted by Gasteiger charge is -2.05. The quantitative estimate of drug-likeness (QED) is 0.739.